The molecule has 0 aromatic heterocycles. The molecule has 3 amide bonds. The van der Waals surface area contributed by atoms with Gasteiger partial charge in [0.15, 0.2) is 0 Å². The Morgan fingerprint density at radius 3 is 2.88 bits per heavy atom. The summed E-state index contributed by atoms with van der Waals surface area (Å²) >= 11 is 1.78. The number of nitrogens with one attached hydrogen (secondary N) is 1. The molecule has 2 N–H and O–H groups in total. The lowest BCUT2D eigenvalue weighted by Crippen LogP contribution is -2.56. The van der Waals surface area contributed by atoms with E-state index < -0.39 is 37.0 Å². The van der Waals surface area contributed by atoms with Gasteiger partial charge >= 0.3 is 6.03 Å². The van der Waals surface area contributed by atoms with E-state index in [4.69, 9.17) is 9.84 Å². The first-order valence-corrected chi connectivity index (χ1v) is 5.97. The molecule has 6 nitrogen and oxygen atoms in total. The summed E-state index contributed by atoms with van der Waals surface area (Å²) in [4.78, 5) is 22.7. The van der Waals surface area contributed by atoms with Gasteiger partial charge in [0.25, 0.3) is 28.8 Å². The number of hydrogen-bond donors (Lipinski definition) is 2. The van der Waals surface area contributed by atoms with Crippen molar-refractivity contribution in [1.82, 2.24) is 5.32 Å². The summed E-state index contributed by atoms with van der Waals surface area (Å²) in [7, 11) is 0. The number of hydrogen-bond acceptors (Lipinski definition) is 4. The number of carbonyl (C=O) groups excluding carboxylic acids is 2. The van der Waals surface area contributed by atoms with Gasteiger partial charge in [-0.25, -0.2) is 14.5 Å². The van der Waals surface area contributed by atoms with Gasteiger partial charge in [-0.2, -0.15) is 0 Å². The van der Waals surface area contributed by atoms with E-state index in [9.17, 15) is 14.0 Å². The van der Waals surface area contributed by atoms with Gasteiger partial charge in [0.2, 0.25) is 6.23 Å². The van der Waals surface area contributed by atoms with Crippen molar-refractivity contribution in [2.45, 2.75) is 24.9 Å². The van der Waals surface area contributed by atoms with Gasteiger partial charge in [0, 0.05) is 0 Å². The molecular weight excluding hydrogens is 346 g/mol. The SMILES string of the molecule is O=C1C=C[N+](I)([C@H]2C[C@H](F)[C@@H](CO)O2)C(=O)N1. The molecule has 2 rings (SSSR count). The molecule has 1 unspecified atom stereocenters. The molecule has 0 spiro atoms. The van der Waals surface area contributed by atoms with Crippen molar-refractivity contribution < 1.29 is 26.5 Å². The highest BCUT2D eigenvalue weighted by molar-refractivity contribution is 14.1. The Kier molecular flexibility index (Phi) is 3.48. The van der Waals surface area contributed by atoms with E-state index >= 15 is 0 Å². The maximum Gasteiger partial charge on any atom is 0.437 e. The van der Waals surface area contributed by atoms with Gasteiger partial charge in [0.05, 0.1) is 19.1 Å². The highest BCUT2D eigenvalue weighted by Gasteiger charge is 2.52. The van der Waals surface area contributed by atoms with E-state index in [2.05, 4.69) is 5.32 Å². The average molecular weight is 357 g/mol. The summed E-state index contributed by atoms with van der Waals surface area (Å²) in [6.07, 6.45) is -0.403. The standard InChI is InChI=1S/C9H10FIN2O4/c10-5-3-8(17-6(5)4-14)13(11)2-1-7(15)12-9(13)16/h1-2,5-6,8,14H,3-4H2/p+1/t5-,6+,8+,13?/m0/s1. The number of carbonyl (C=O) groups is 2. The van der Waals surface area contributed by atoms with Crippen LogP contribution in [0, 0.1) is 0 Å². The monoisotopic (exact) mass is 357 g/mol. The molecule has 2 aliphatic heterocycles. The molecule has 17 heavy (non-hydrogen) atoms. The lowest BCUT2D eigenvalue weighted by atomic mass is 10.2. The maximum absolute atomic E-state index is 13.4. The van der Waals surface area contributed by atoms with Crippen LogP contribution in [-0.4, -0.2) is 44.9 Å². The Balaban J connectivity index is 2.20. The number of rotatable bonds is 2. The van der Waals surface area contributed by atoms with E-state index in [-0.39, 0.29) is 9.12 Å². The minimum atomic E-state index is -1.31. The number of alkyl halides is 1. The third-order valence-electron chi connectivity index (χ3n) is 2.75. The van der Waals surface area contributed by atoms with Crippen LogP contribution in [0.4, 0.5) is 9.18 Å². The molecule has 0 aliphatic carbocycles. The van der Waals surface area contributed by atoms with Gasteiger partial charge in [-0.15, -0.1) is 2.70 Å². The molecule has 0 aromatic rings. The predicted molar refractivity (Wildman–Crippen MR) is 62.2 cm³/mol. The van der Waals surface area contributed by atoms with Crippen LogP contribution < -0.4 is 5.32 Å². The Hall–Kier alpha value is -0.580. The number of amides is 3. The number of halogens is 2. The largest absolute Gasteiger partial charge is 0.437 e. The van der Waals surface area contributed by atoms with E-state index in [1.54, 1.807) is 22.9 Å². The Bertz CT molecular complexity index is 391. The number of aliphatic hydroxyl groups is 1. The minimum absolute atomic E-state index is 0.000116. The second kappa shape index (κ2) is 4.59. The number of aliphatic hydroxyl groups excluding tert-OH is 1. The fraction of sp³-hybridized carbons (Fsp3) is 0.556. The molecule has 0 saturated carbocycles. The van der Waals surface area contributed by atoms with E-state index in [0.717, 1.165) is 0 Å². The van der Waals surface area contributed by atoms with Gasteiger partial charge in [0.1, 0.15) is 18.5 Å². The van der Waals surface area contributed by atoms with Crippen LogP contribution in [0.3, 0.4) is 0 Å². The number of quaternary nitrogens is 1. The van der Waals surface area contributed by atoms with E-state index in [1.165, 1.54) is 12.3 Å². The lowest BCUT2D eigenvalue weighted by molar-refractivity contribution is -0.678. The molecule has 4 atom stereocenters. The molecular formula is C9H11FIN2O4+. The van der Waals surface area contributed by atoms with Crippen molar-refractivity contribution in [2.24, 2.45) is 0 Å². The number of urea groups is 1. The van der Waals surface area contributed by atoms with Crippen molar-refractivity contribution in [3.05, 3.63) is 12.3 Å². The number of imide groups is 1. The first-order chi connectivity index (χ1) is 7.97. The summed E-state index contributed by atoms with van der Waals surface area (Å²) < 4.78 is 18.4. The first-order valence-electron chi connectivity index (χ1n) is 5.00. The lowest BCUT2D eigenvalue weighted by Gasteiger charge is -2.30. The van der Waals surface area contributed by atoms with Crippen LogP contribution in [0.2, 0.25) is 0 Å². The van der Waals surface area contributed by atoms with Crippen LogP contribution in [0.25, 0.3) is 0 Å². The molecule has 1 saturated heterocycles. The van der Waals surface area contributed by atoms with Crippen molar-refractivity contribution >= 4 is 34.8 Å². The summed E-state index contributed by atoms with van der Waals surface area (Å²) in [5.41, 5.74) is 0. The molecule has 8 heteroatoms. The van der Waals surface area contributed by atoms with E-state index in [1.807, 2.05) is 0 Å². The number of ether oxygens (including phenoxy) is 1. The zero-order chi connectivity index (χ0) is 12.6. The van der Waals surface area contributed by atoms with Crippen LogP contribution >= 0.6 is 22.9 Å². The van der Waals surface area contributed by atoms with Crippen molar-refractivity contribution in [3.63, 3.8) is 0 Å². The molecule has 2 aliphatic rings. The topological polar surface area (TPSA) is 75.6 Å². The average Bonchev–Trinajstić information content (AvgIpc) is 2.66. The predicted octanol–water partition coefficient (Wildman–Crippen LogP) is 0.362. The van der Waals surface area contributed by atoms with Gasteiger partial charge < -0.3 is 9.84 Å². The smallest absolute Gasteiger partial charge is 0.394 e. The second-order valence-corrected chi connectivity index (χ2v) is 5.46. The fourth-order valence-electron chi connectivity index (χ4n) is 1.79. The minimum Gasteiger partial charge on any atom is -0.394 e. The third-order valence-corrected chi connectivity index (χ3v) is 4.13. The van der Waals surface area contributed by atoms with E-state index in [0.29, 0.717) is 0 Å². The summed E-state index contributed by atoms with van der Waals surface area (Å²) in [6.45, 7) is -0.432. The molecule has 1 fully saturated rings. The zero-order valence-corrected chi connectivity index (χ0v) is 10.8. The Labute approximate surface area is 110 Å². The van der Waals surface area contributed by atoms with Crippen LogP contribution in [0.1, 0.15) is 6.42 Å². The Morgan fingerprint density at radius 2 is 2.35 bits per heavy atom. The van der Waals surface area contributed by atoms with Crippen LogP contribution in [0.5, 0.6) is 0 Å². The second-order valence-electron chi connectivity index (χ2n) is 3.86. The molecule has 0 bridgehead atoms. The maximum atomic E-state index is 13.4. The molecule has 2 heterocycles. The number of nitrogens with zero attached hydrogens (tertiary/aromatic N) is 1. The summed E-state index contributed by atoms with van der Waals surface area (Å²) in [5, 5.41) is 11.0. The van der Waals surface area contributed by atoms with Gasteiger partial charge in [-0.3, -0.25) is 4.79 Å². The van der Waals surface area contributed by atoms with Gasteiger partial charge in [-0.05, 0) is 0 Å². The normalized spacial score (nSPS) is 41.7. The van der Waals surface area contributed by atoms with Gasteiger partial charge in [-0.1, -0.05) is 0 Å². The zero-order valence-electron chi connectivity index (χ0n) is 8.68. The highest BCUT2D eigenvalue weighted by Crippen LogP contribution is 2.35. The Morgan fingerprint density at radius 1 is 1.65 bits per heavy atom. The summed E-state index contributed by atoms with van der Waals surface area (Å²) in [6, 6.07) is -0.575. The molecule has 0 radical (unpaired) electrons. The van der Waals surface area contributed by atoms with Crippen LogP contribution in [-0.2, 0) is 9.53 Å². The third kappa shape index (κ3) is 2.21. The highest BCUT2D eigenvalue weighted by atomic mass is 127. The first kappa shape index (κ1) is 12.9. The van der Waals surface area contributed by atoms with Crippen molar-refractivity contribution in [2.75, 3.05) is 6.61 Å². The quantitative estimate of drug-likeness (QED) is 0.553. The fourth-order valence-corrected chi connectivity index (χ4v) is 2.43. The molecule has 94 valence electrons. The molecule has 0 aromatic carbocycles. The van der Waals surface area contributed by atoms with Crippen molar-refractivity contribution in [1.29, 1.82) is 0 Å². The van der Waals surface area contributed by atoms with Crippen molar-refractivity contribution in [3.8, 4) is 0 Å². The summed E-state index contributed by atoms with van der Waals surface area (Å²) in [5.74, 6) is -0.506. The van der Waals surface area contributed by atoms with Crippen LogP contribution in [0.15, 0.2) is 12.3 Å².